The monoisotopic (exact) mass is 463 g/mol. The summed E-state index contributed by atoms with van der Waals surface area (Å²) < 4.78 is 6.77. The minimum Gasteiger partial charge on any atom is -0.484 e. The Morgan fingerprint density at radius 2 is 1.88 bits per heavy atom. The Morgan fingerprint density at radius 1 is 1.15 bits per heavy atom. The van der Waals surface area contributed by atoms with E-state index in [0.717, 1.165) is 23.3 Å². The third-order valence-electron chi connectivity index (χ3n) is 5.52. The van der Waals surface area contributed by atoms with Crippen molar-refractivity contribution in [2.45, 2.75) is 19.4 Å². The number of anilines is 3. The van der Waals surface area contributed by atoms with E-state index in [-0.39, 0.29) is 36.5 Å². The van der Waals surface area contributed by atoms with Crippen LogP contribution in [0.5, 0.6) is 5.75 Å². The van der Waals surface area contributed by atoms with E-state index in [1.54, 1.807) is 24.3 Å². The normalized spacial score (nSPS) is 12.7. The average Bonchev–Trinajstić information content (AvgIpc) is 3.67. The van der Waals surface area contributed by atoms with Crippen LogP contribution in [0.4, 0.5) is 17.2 Å². The Hall–Kier alpha value is -4.34. The molecule has 1 aliphatic carbocycles. The lowest BCUT2D eigenvalue weighted by atomic mass is 10.2. The maximum atomic E-state index is 12.8. The second-order valence-corrected chi connectivity index (χ2v) is 8.10. The van der Waals surface area contributed by atoms with Gasteiger partial charge in [0.05, 0.1) is 6.54 Å². The zero-order chi connectivity index (χ0) is 24.2. The molecule has 1 heterocycles. The molecule has 10 heteroatoms. The zero-order valence-corrected chi connectivity index (χ0v) is 18.6. The van der Waals surface area contributed by atoms with E-state index in [9.17, 15) is 19.2 Å². The number of benzene rings is 2. The summed E-state index contributed by atoms with van der Waals surface area (Å²) in [6, 6.07) is 15.8. The zero-order valence-electron chi connectivity index (χ0n) is 18.6. The molecule has 10 nitrogen and oxygen atoms in total. The number of ether oxygens (including phenoxy) is 1. The van der Waals surface area contributed by atoms with Gasteiger partial charge < -0.3 is 20.7 Å². The molecule has 0 spiro atoms. The fourth-order valence-corrected chi connectivity index (χ4v) is 3.44. The molecule has 1 aromatic heterocycles. The topological polar surface area (TPSA) is 140 Å². The number of likely N-dealkylation sites (N-methyl/N-ethyl adjacent to an activating group) is 1. The summed E-state index contributed by atoms with van der Waals surface area (Å²) in [6.07, 6.45) is 1.79. The van der Waals surface area contributed by atoms with E-state index in [0.29, 0.717) is 11.4 Å². The lowest BCUT2D eigenvalue weighted by Crippen LogP contribution is -2.41. The summed E-state index contributed by atoms with van der Waals surface area (Å²) >= 11 is 0. The van der Waals surface area contributed by atoms with Crippen molar-refractivity contribution < 1.29 is 14.3 Å². The lowest BCUT2D eigenvalue weighted by Gasteiger charge is -2.20. The third kappa shape index (κ3) is 5.17. The third-order valence-corrected chi connectivity index (χ3v) is 5.52. The summed E-state index contributed by atoms with van der Waals surface area (Å²) in [6.45, 7) is -0.250. The first-order valence-electron chi connectivity index (χ1n) is 10.8. The van der Waals surface area contributed by atoms with E-state index in [4.69, 9.17) is 10.5 Å². The van der Waals surface area contributed by atoms with Crippen LogP contribution in [0, 0.1) is 5.92 Å². The number of aromatic nitrogens is 2. The number of carbonyl (C=O) groups is 2. The smallest absolute Gasteiger partial charge is 0.330 e. The van der Waals surface area contributed by atoms with Crippen LogP contribution in [0.3, 0.4) is 0 Å². The molecule has 1 saturated carbocycles. The molecule has 0 unspecified atom stereocenters. The number of rotatable bonds is 8. The molecule has 2 amide bonds. The van der Waals surface area contributed by atoms with Crippen LogP contribution < -0.4 is 31.9 Å². The Kier molecular flexibility index (Phi) is 6.48. The maximum absolute atomic E-state index is 12.8. The minimum atomic E-state index is -0.771. The van der Waals surface area contributed by atoms with Crippen molar-refractivity contribution >= 4 is 29.0 Å². The van der Waals surface area contributed by atoms with Crippen molar-refractivity contribution in [1.29, 1.82) is 0 Å². The SMILES string of the molecule is CN(C(=O)COc1cccc(NC(=O)C2CC2)c1)c1c(N)n(Cc2ccccc2)c(=O)[nH]c1=O. The highest BCUT2D eigenvalue weighted by Crippen LogP contribution is 2.30. The van der Waals surface area contributed by atoms with Gasteiger partial charge in [-0.1, -0.05) is 36.4 Å². The van der Waals surface area contributed by atoms with Gasteiger partial charge in [0, 0.05) is 24.7 Å². The van der Waals surface area contributed by atoms with Gasteiger partial charge in [0.2, 0.25) is 5.91 Å². The predicted octanol–water partition coefficient (Wildman–Crippen LogP) is 1.56. The van der Waals surface area contributed by atoms with Gasteiger partial charge >= 0.3 is 5.69 Å². The van der Waals surface area contributed by atoms with Gasteiger partial charge in [-0.15, -0.1) is 0 Å². The standard InChI is InChI=1S/C24H25N5O5/c1-28(19(30)14-34-18-9-5-8-17(12-18)26-22(31)16-10-11-16)20-21(25)29(24(33)27-23(20)32)13-15-6-3-2-4-7-15/h2-9,12,16H,10-11,13-14,25H2,1H3,(H,26,31)(H,27,32,33). The molecule has 0 radical (unpaired) electrons. The van der Waals surface area contributed by atoms with Gasteiger partial charge in [-0.25, -0.2) is 4.79 Å². The Bertz CT molecular complexity index is 1330. The van der Waals surface area contributed by atoms with E-state index in [2.05, 4.69) is 10.3 Å². The lowest BCUT2D eigenvalue weighted by molar-refractivity contribution is -0.120. The molecule has 1 fully saturated rings. The molecule has 2 aromatic carbocycles. The number of nitrogens with one attached hydrogen (secondary N) is 2. The quantitative estimate of drug-likeness (QED) is 0.463. The predicted molar refractivity (Wildman–Crippen MR) is 128 cm³/mol. The largest absolute Gasteiger partial charge is 0.484 e. The summed E-state index contributed by atoms with van der Waals surface area (Å²) in [5.41, 5.74) is 5.94. The van der Waals surface area contributed by atoms with Crippen LogP contribution in [-0.4, -0.2) is 35.0 Å². The molecule has 176 valence electrons. The van der Waals surface area contributed by atoms with Crippen molar-refractivity contribution in [3.8, 4) is 5.75 Å². The van der Waals surface area contributed by atoms with Crippen molar-refractivity contribution in [3.63, 3.8) is 0 Å². The van der Waals surface area contributed by atoms with Crippen molar-refractivity contribution in [2.75, 3.05) is 29.6 Å². The van der Waals surface area contributed by atoms with Crippen LogP contribution in [-0.2, 0) is 16.1 Å². The highest BCUT2D eigenvalue weighted by Gasteiger charge is 2.29. The number of hydrogen-bond donors (Lipinski definition) is 3. The Morgan fingerprint density at radius 3 is 2.59 bits per heavy atom. The molecule has 0 saturated heterocycles. The molecule has 4 rings (SSSR count). The van der Waals surface area contributed by atoms with Crippen molar-refractivity contribution in [1.82, 2.24) is 9.55 Å². The number of nitrogens with two attached hydrogens (primary N) is 1. The molecule has 0 aliphatic heterocycles. The average molecular weight is 463 g/mol. The molecule has 1 aliphatic rings. The van der Waals surface area contributed by atoms with E-state index in [1.165, 1.54) is 11.6 Å². The molecular formula is C24H25N5O5. The number of hydrogen-bond acceptors (Lipinski definition) is 6. The van der Waals surface area contributed by atoms with Crippen molar-refractivity contribution in [2.24, 2.45) is 5.92 Å². The van der Waals surface area contributed by atoms with Gasteiger partial charge in [-0.3, -0.25) is 23.9 Å². The van der Waals surface area contributed by atoms with Gasteiger partial charge in [0.25, 0.3) is 11.5 Å². The summed E-state index contributed by atoms with van der Waals surface area (Å²) in [5.74, 6) is -0.263. The summed E-state index contributed by atoms with van der Waals surface area (Å²) in [5, 5.41) is 2.82. The fraction of sp³-hybridized carbons (Fsp3) is 0.250. The number of carbonyl (C=O) groups excluding carboxylic acids is 2. The number of aromatic amines is 1. The Balaban J connectivity index is 1.47. The van der Waals surface area contributed by atoms with E-state index >= 15 is 0 Å². The van der Waals surface area contributed by atoms with Crippen molar-refractivity contribution in [3.05, 3.63) is 81.0 Å². The van der Waals surface area contributed by atoms with Gasteiger partial charge in [0.1, 0.15) is 11.6 Å². The summed E-state index contributed by atoms with van der Waals surface area (Å²) in [4.78, 5) is 52.8. The maximum Gasteiger partial charge on any atom is 0.330 e. The van der Waals surface area contributed by atoms with Crippen LogP contribution in [0.15, 0.2) is 64.2 Å². The first-order chi connectivity index (χ1) is 16.3. The second kappa shape index (κ2) is 9.65. The highest BCUT2D eigenvalue weighted by molar-refractivity contribution is 5.96. The number of nitrogens with zero attached hydrogens (tertiary/aromatic N) is 2. The number of H-pyrrole nitrogens is 1. The van der Waals surface area contributed by atoms with Crippen LogP contribution >= 0.6 is 0 Å². The first-order valence-corrected chi connectivity index (χ1v) is 10.8. The summed E-state index contributed by atoms with van der Waals surface area (Å²) in [7, 11) is 1.39. The molecule has 4 N–H and O–H groups in total. The molecule has 0 atom stereocenters. The molecule has 34 heavy (non-hydrogen) atoms. The van der Waals surface area contributed by atoms with Gasteiger partial charge in [-0.05, 0) is 30.5 Å². The van der Waals surface area contributed by atoms with Crippen LogP contribution in [0.1, 0.15) is 18.4 Å². The number of amides is 2. The number of nitrogen functional groups attached to an aromatic ring is 1. The fourth-order valence-electron chi connectivity index (χ4n) is 3.44. The van der Waals surface area contributed by atoms with E-state index < -0.39 is 17.2 Å². The second-order valence-electron chi connectivity index (χ2n) is 8.10. The van der Waals surface area contributed by atoms with Gasteiger partial charge in [-0.2, -0.15) is 0 Å². The Labute approximate surface area is 195 Å². The van der Waals surface area contributed by atoms with E-state index in [1.807, 2.05) is 30.3 Å². The molecular weight excluding hydrogens is 438 g/mol. The molecule has 0 bridgehead atoms. The molecule has 3 aromatic rings. The van der Waals surface area contributed by atoms with Crippen LogP contribution in [0.25, 0.3) is 0 Å². The first kappa shape index (κ1) is 22.8. The highest BCUT2D eigenvalue weighted by atomic mass is 16.5. The van der Waals surface area contributed by atoms with Gasteiger partial charge in [0.15, 0.2) is 12.3 Å². The van der Waals surface area contributed by atoms with Crippen LogP contribution in [0.2, 0.25) is 0 Å². The minimum absolute atomic E-state index is 0.0340.